The molecule has 4 nitrogen and oxygen atoms in total. The second kappa shape index (κ2) is 6.58. The molecule has 1 heterocycles. The van der Waals surface area contributed by atoms with Crippen molar-refractivity contribution in [3.63, 3.8) is 0 Å². The molecule has 2 rings (SSSR count). The molecule has 1 N–H and O–H groups in total. The fourth-order valence-corrected chi connectivity index (χ4v) is 2.33. The third-order valence-corrected chi connectivity index (χ3v) is 3.71. The van der Waals surface area contributed by atoms with Crippen LogP contribution in [0, 0.1) is 5.82 Å². The van der Waals surface area contributed by atoms with E-state index in [1.807, 2.05) is 6.92 Å². The first-order valence-electron chi connectivity index (χ1n) is 5.85. The highest BCUT2D eigenvalue weighted by molar-refractivity contribution is 7.15. The molecule has 0 spiro atoms. The average molecular weight is 312 g/mol. The zero-order valence-corrected chi connectivity index (χ0v) is 12.1. The number of carbonyl (C=O) groups excluding carboxylic acids is 1. The summed E-state index contributed by atoms with van der Waals surface area (Å²) in [5.74, 6) is -0.895. The van der Waals surface area contributed by atoms with E-state index < -0.39 is 11.7 Å². The van der Waals surface area contributed by atoms with Crippen LogP contribution in [-0.2, 0) is 11.2 Å². The topological polar surface area (TPSA) is 54.9 Å². The van der Waals surface area contributed by atoms with E-state index in [9.17, 15) is 9.18 Å². The van der Waals surface area contributed by atoms with Gasteiger partial charge in [-0.1, -0.05) is 35.9 Å². The number of halogens is 2. The number of carbonyl (C=O) groups is 1. The standard InChI is InChI=1S/C13H11ClFN3OS/c1-2-12-17-18-13(20-12)16-11(19)7-6-8-9(14)4-3-5-10(8)15/h3-7H,2H2,1H3,(H,16,18,19). The van der Waals surface area contributed by atoms with Crippen LogP contribution in [0.1, 0.15) is 17.5 Å². The van der Waals surface area contributed by atoms with Gasteiger partial charge in [0.25, 0.3) is 0 Å². The Kier molecular flexibility index (Phi) is 4.81. The van der Waals surface area contributed by atoms with Gasteiger partial charge in [-0.05, 0) is 24.6 Å². The number of nitrogens with zero attached hydrogens (tertiary/aromatic N) is 2. The minimum atomic E-state index is -0.481. The molecule has 1 amide bonds. The van der Waals surface area contributed by atoms with E-state index in [1.165, 1.54) is 35.6 Å². The van der Waals surface area contributed by atoms with Crippen LogP contribution >= 0.6 is 22.9 Å². The van der Waals surface area contributed by atoms with Crippen LogP contribution in [0.25, 0.3) is 6.08 Å². The molecule has 0 bridgehead atoms. The predicted molar refractivity (Wildman–Crippen MR) is 78.4 cm³/mol. The molecule has 20 heavy (non-hydrogen) atoms. The summed E-state index contributed by atoms with van der Waals surface area (Å²) in [6, 6.07) is 4.34. The lowest BCUT2D eigenvalue weighted by molar-refractivity contribution is -0.111. The summed E-state index contributed by atoms with van der Waals surface area (Å²) in [5.41, 5.74) is 0.177. The van der Waals surface area contributed by atoms with Crippen molar-refractivity contribution in [1.82, 2.24) is 10.2 Å². The van der Waals surface area contributed by atoms with E-state index >= 15 is 0 Å². The molecular weight excluding hydrogens is 301 g/mol. The highest BCUT2D eigenvalue weighted by Gasteiger charge is 2.06. The summed E-state index contributed by atoms with van der Waals surface area (Å²) in [6.45, 7) is 1.95. The Morgan fingerprint density at radius 3 is 2.95 bits per heavy atom. The first-order valence-corrected chi connectivity index (χ1v) is 7.05. The summed E-state index contributed by atoms with van der Waals surface area (Å²) in [4.78, 5) is 11.7. The third-order valence-electron chi connectivity index (χ3n) is 2.40. The maximum Gasteiger partial charge on any atom is 0.250 e. The minimum absolute atomic E-state index is 0.177. The predicted octanol–water partition coefficient (Wildman–Crippen LogP) is 3.54. The zero-order chi connectivity index (χ0) is 14.5. The lowest BCUT2D eigenvalue weighted by atomic mass is 10.2. The number of anilines is 1. The molecular formula is C13H11ClFN3OS. The van der Waals surface area contributed by atoms with Gasteiger partial charge in [0.05, 0.1) is 5.02 Å². The Morgan fingerprint density at radius 1 is 1.50 bits per heavy atom. The molecule has 7 heteroatoms. The van der Waals surface area contributed by atoms with Gasteiger partial charge in [-0.15, -0.1) is 10.2 Å². The van der Waals surface area contributed by atoms with Crippen molar-refractivity contribution in [1.29, 1.82) is 0 Å². The van der Waals surface area contributed by atoms with Crippen LogP contribution in [0.15, 0.2) is 24.3 Å². The molecule has 1 aromatic heterocycles. The number of nitrogens with one attached hydrogen (secondary N) is 1. The molecule has 0 atom stereocenters. The lowest BCUT2D eigenvalue weighted by Gasteiger charge is -1.99. The van der Waals surface area contributed by atoms with E-state index in [0.717, 1.165) is 11.4 Å². The van der Waals surface area contributed by atoms with Crippen molar-refractivity contribution >= 4 is 40.1 Å². The number of aromatic nitrogens is 2. The monoisotopic (exact) mass is 311 g/mol. The van der Waals surface area contributed by atoms with Gasteiger partial charge in [-0.2, -0.15) is 0 Å². The smallest absolute Gasteiger partial charge is 0.250 e. The van der Waals surface area contributed by atoms with Crippen LogP contribution in [0.3, 0.4) is 0 Å². The van der Waals surface area contributed by atoms with Gasteiger partial charge in [0.1, 0.15) is 10.8 Å². The number of hydrogen-bond acceptors (Lipinski definition) is 4. The molecule has 2 aromatic rings. The van der Waals surface area contributed by atoms with Gasteiger partial charge in [0, 0.05) is 11.6 Å². The second-order valence-electron chi connectivity index (χ2n) is 3.81. The fourth-order valence-electron chi connectivity index (χ4n) is 1.42. The molecule has 0 radical (unpaired) electrons. The van der Waals surface area contributed by atoms with E-state index in [4.69, 9.17) is 11.6 Å². The van der Waals surface area contributed by atoms with Gasteiger partial charge < -0.3 is 0 Å². The molecule has 0 saturated heterocycles. The number of benzene rings is 1. The van der Waals surface area contributed by atoms with Crippen LogP contribution in [-0.4, -0.2) is 16.1 Å². The molecule has 0 aliphatic rings. The highest BCUT2D eigenvalue weighted by atomic mass is 35.5. The summed E-state index contributed by atoms with van der Waals surface area (Å²) in [5, 5.41) is 11.8. The molecule has 0 aliphatic heterocycles. The zero-order valence-electron chi connectivity index (χ0n) is 10.6. The van der Waals surface area contributed by atoms with E-state index in [-0.39, 0.29) is 10.6 Å². The molecule has 0 aliphatic carbocycles. The van der Waals surface area contributed by atoms with Crippen LogP contribution in [0.4, 0.5) is 9.52 Å². The van der Waals surface area contributed by atoms with Gasteiger partial charge in [0.2, 0.25) is 11.0 Å². The largest absolute Gasteiger partial charge is 0.297 e. The van der Waals surface area contributed by atoms with E-state index in [2.05, 4.69) is 15.5 Å². The fraction of sp³-hybridized carbons (Fsp3) is 0.154. The van der Waals surface area contributed by atoms with Crippen LogP contribution < -0.4 is 5.32 Å². The maximum absolute atomic E-state index is 13.5. The van der Waals surface area contributed by atoms with Crippen LogP contribution in [0.2, 0.25) is 5.02 Å². The normalized spacial score (nSPS) is 10.9. The number of amides is 1. The van der Waals surface area contributed by atoms with Crippen LogP contribution in [0.5, 0.6) is 0 Å². The minimum Gasteiger partial charge on any atom is -0.297 e. The Balaban J connectivity index is 2.06. The summed E-state index contributed by atoms with van der Waals surface area (Å²) in [6.07, 6.45) is 3.29. The van der Waals surface area contributed by atoms with E-state index in [0.29, 0.717) is 5.13 Å². The summed E-state index contributed by atoms with van der Waals surface area (Å²) >= 11 is 7.15. The van der Waals surface area contributed by atoms with Gasteiger partial charge >= 0.3 is 0 Å². The van der Waals surface area contributed by atoms with Crippen molar-refractivity contribution in [3.05, 3.63) is 45.7 Å². The number of hydrogen-bond donors (Lipinski definition) is 1. The molecule has 1 aromatic carbocycles. The number of rotatable bonds is 4. The third kappa shape index (κ3) is 3.61. The Hall–Kier alpha value is -1.79. The van der Waals surface area contributed by atoms with Crippen molar-refractivity contribution in [2.45, 2.75) is 13.3 Å². The van der Waals surface area contributed by atoms with Crippen molar-refractivity contribution in [3.8, 4) is 0 Å². The molecule has 0 unspecified atom stereocenters. The molecule has 0 fully saturated rings. The van der Waals surface area contributed by atoms with Gasteiger partial charge in [0.15, 0.2) is 0 Å². The summed E-state index contributed by atoms with van der Waals surface area (Å²) in [7, 11) is 0. The Labute approximate surface area is 124 Å². The Morgan fingerprint density at radius 2 is 2.30 bits per heavy atom. The lowest BCUT2D eigenvalue weighted by Crippen LogP contribution is -2.07. The van der Waals surface area contributed by atoms with Gasteiger partial charge in [-0.3, -0.25) is 10.1 Å². The van der Waals surface area contributed by atoms with Crippen molar-refractivity contribution in [2.24, 2.45) is 0 Å². The average Bonchev–Trinajstić information content (AvgIpc) is 2.86. The SMILES string of the molecule is CCc1nnc(NC(=O)C=Cc2c(F)cccc2Cl)s1. The van der Waals surface area contributed by atoms with Gasteiger partial charge in [-0.25, -0.2) is 4.39 Å². The first kappa shape index (κ1) is 14.6. The Bertz CT molecular complexity index is 637. The summed E-state index contributed by atoms with van der Waals surface area (Å²) < 4.78 is 13.5. The second-order valence-corrected chi connectivity index (χ2v) is 5.28. The van der Waals surface area contributed by atoms with Crippen molar-refractivity contribution in [2.75, 3.05) is 5.32 Å². The quantitative estimate of drug-likeness (QED) is 0.879. The molecule has 104 valence electrons. The first-order chi connectivity index (χ1) is 9.60. The van der Waals surface area contributed by atoms with Crippen molar-refractivity contribution < 1.29 is 9.18 Å². The number of aryl methyl sites for hydroxylation is 1. The highest BCUT2D eigenvalue weighted by Crippen LogP contribution is 2.20. The maximum atomic E-state index is 13.5. The molecule has 0 saturated carbocycles. The van der Waals surface area contributed by atoms with E-state index in [1.54, 1.807) is 6.07 Å².